The molecule has 1 aliphatic rings. The van der Waals surface area contributed by atoms with Crippen molar-refractivity contribution >= 4 is 52.3 Å². The van der Waals surface area contributed by atoms with Gasteiger partial charge in [0.15, 0.2) is 5.58 Å². The molecule has 0 amide bonds. The van der Waals surface area contributed by atoms with Crippen LogP contribution in [0.25, 0.3) is 33.1 Å². The normalized spacial score (nSPS) is 13.6. The zero-order valence-electron chi connectivity index (χ0n) is 31.4. The fourth-order valence-electron chi connectivity index (χ4n) is 8.61. The molecule has 3 heteroatoms. The van der Waals surface area contributed by atoms with E-state index in [2.05, 4.69) is 209 Å². The lowest BCUT2D eigenvalue weighted by molar-refractivity contribution is 0.590. The van der Waals surface area contributed by atoms with Gasteiger partial charge in [0.2, 0.25) is 0 Å². The van der Waals surface area contributed by atoms with E-state index in [0.29, 0.717) is 0 Å². The Morgan fingerprint density at radius 3 is 1.72 bits per heavy atom. The second kappa shape index (κ2) is 12.2. The molecule has 1 aromatic heterocycles. The Morgan fingerprint density at radius 2 is 1.11 bits per heavy atom. The van der Waals surface area contributed by atoms with Gasteiger partial charge in [-0.15, -0.1) is 0 Å². The van der Waals surface area contributed by atoms with Crippen molar-refractivity contribution in [3.63, 3.8) is 0 Å². The number of furan rings is 1. The monoisotopic (exact) mass is 703 g/mol. The first-order valence-electron chi connectivity index (χ1n) is 18.8. The average Bonchev–Trinajstić information content (AvgIpc) is 3.70. The third kappa shape index (κ3) is 5.21. The molecule has 0 unspecified atom stereocenters. The number of benzene rings is 7. The van der Waals surface area contributed by atoms with Crippen LogP contribution in [0.15, 0.2) is 168 Å². The summed E-state index contributed by atoms with van der Waals surface area (Å²) in [6.45, 7) is 14.1. The van der Waals surface area contributed by atoms with Crippen LogP contribution in [0.2, 0.25) is 19.6 Å². The maximum Gasteiger partial charge on any atom is 0.160 e. The highest BCUT2D eigenvalue weighted by atomic mass is 28.3. The predicted molar refractivity (Wildman–Crippen MR) is 227 cm³/mol. The Morgan fingerprint density at radius 1 is 0.566 bits per heavy atom. The molecular formula is C50H45NOSi. The summed E-state index contributed by atoms with van der Waals surface area (Å²) < 4.78 is 7.05. The van der Waals surface area contributed by atoms with Crippen LogP contribution in [0.1, 0.15) is 48.6 Å². The lowest BCUT2D eigenvalue weighted by Gasteiger charge is -2.35. The molecule has 53 heavy (non-hydrogen) atoms. The summed E-state index contributed by atoms with van der Waals surface area (Å²) in [5.74, 6) is 0. The van der Waals surface area contributed by atoms with Crippen molar-refractivity contribution < 1.29 is 4.42 Å². The second-order valence-corrected chi connectivity index (χ2v) is 21.7. The van der Waals surface area contributed by atoms with Crippen molar-refractivity contribution in [1.29, 1.82) is 0 Å². The van der Waals surface area contributed by atoms with E-state index in [-0.39, 0.29) is 5.41 Å². The number of anilines is 3. The average molecular weight is 704 g/mol. The van der Waals surface area contributed by atoms with Gasteiger partial charge in [-0.25, -0.2) is 0 Å². The lowest BCUT2D eigenvalue weighted by Crippen LogP contribution is -2.37. The van der Waals surface area contributed by atoms with E-state index in [1.54, 1.807) is 0 Å². The number of hydrogen-bond acceptors (Lipinski definition) is 2. The Labute approximate surface area is 314 Å². The molecule has 0 spiro atoms. The van der Waals surface area contributed by atoms with E-state index < -0.39 is 13.5 Å². The van der Waals surface area contributed by atoms with E-state index in [9.17, 15) is 0 Å². The van der Waals surface area contributed by atoms with E-state index in [1.165, 1.54) is 44.1 Å². The zero-order valence-corrected chi connectivity index (χ0v) is 32.4. The standard InChI is InChI=1S/C50H45NOSi/c1-49(2,3)34-25-27-37(28-26-34)51(38-29-31-39(32-30-38)53(4,5)6)44-33-43-46(47-41-22-14-16-24-45(41)52-48(44)47)40-21-13-15-23-42(40)50(43,35-17-9-7-10-18-35)36-19-11-8-12-20-36/h7-33H,1-6H3. The molecule has 0 saturated carbocycles. The van der Waals surface area contributed by atoms with Gasteiger partial charge in [0.1, 0.15) is 5.58 Å². The van der Waals surface area contributed by atoms with E-state index >= 15 is 0 Å². The minimum atomic E-state index is -1.53. The number of rotatable bonds is 6. The quantitative estimate of drug-likeness (QED) is 0.160. The van der Waals surface area contributed by atoms with Crippen molar-refractivity contribution in [2.75, 3.05) is 4.90 Å². The van der Waals surface area contributed by atoms with Crippen molar-refractivity contribution in [2.45, 2.75) is 51.2 Å². The van der Waals surface area contributed by atoms with Gasteiger partial charge in [0.25, 0.3) is 0 Å². The van der Waals surface area contributed by atoms with Gasteiger partial charge in [-0.1, -0.05) is 173 Å². The van der Waals surface area contributed by atoms with Crippen LogP contribution in [-0.2, 0) is 10.8 Å². The Kier molecular flexibility index (Phi) is 7.65. The first kappa shape index (κ1) is 33.2. The SMILES string of the molecule is CC(C)(C)c1ccc(N(c2ccc([Si](C)(C)C)cc2)c2cc3c(c4c2oc2ccccc24)-c2ccccc2C3(c2ccccc2)c2ccccc2)cc1. The lowest BCUT2D eigenvalue weighted by atomic mass is 9.67. The topological polar surface area (TPSA) is 16.4 Å². The number of nitrogens with zero attached hydrogens (tertiary/aromatic N) is 1. The minimum absolute atomic E-state index is 0.0403. The molecule has 0 aliphatic heterocycles. The van der Waals surface area contributed by atoms with Gasteiger partial charge in [-0.3, -0.25) is 0 Å². The molecule has 0 saturated heterocycles. The van der Waals surface area contributed by atoms with Gasteiger partial charge in [0, 0.05) is 22.1 Å². The molecule has 0 fully saturated rings. The minimum Gasteiger partial charge on any atom is -0.454 e. The molecule has 1 aliphatic carbocycles. The highest BCUT2D eigenvalue weighted by Crippen LogP contribution is 2.60. The Balaban J connectivity index is 1.44. The third-order valence-corrected chi connectivity index (χ3v) is 13.3. The molecule has 0 atom stereocenters. The zero-order chi connectivity index (χ0) is 36.5. The molecule has 8 aromatic rings. The summed E-state index contributed by atoms with van der Waals surface area (Å²) in [4.78, 5) is 2.43. The number of para-hydroxylation sites is 1. The van der Waals surface area contributed by atoms with Crippen molar-refractivity contribution in [3.8, 4) is 11.1 Å². The molecule has 0 radical (unpaired) electrons. The summed E-state index contributed by atoms with van der Waals surface area (Å²) in [6, 6.07) is 60.6. The Hall–Kier alpha value is -5.64. The summed E-state index contributed by atoms with van der Waals surface area (Å²) in [7, 11) is -1.53. The van der Waals surface area contributed by atoms with E-state index in [4.69, 9.17) is 4.42 Å². The summed E-state index contributed by atoms with van der Waals surface area (Å²) in [5, 5.41) is 3.73. The predicted octanol–water partition coefficient (Wildman–Crippen LogP) is 13.3. The first-order chi connectivity index (χ1) is 25.6. The van der Waals surface area contributed by atoms with Crippen LogP contribution < -0.4 is 10.1 Å². The van der Waals surface area contributed by atoms with Crippen LogP contribution >= 0.6 is 0 Å². The molecule has 9 rings (SSSR count). The summed E-state index contributed by atoms with van der Waals surface area (Å²) >= 11 is 0. The molecule has 260 valence electrons. The van der Waals surface area contributed by atoms with Crippen LogP contribution in [0.3, 0.4) is 0 Å². The van der Waals surface area contributed by atoms with E-state index in [1.807, 2.05) is 0 Å². The fourth-order valence-corrected chi connectivity index (χ4v) is 9.78. The van der Waals surface area contributed by atoms with Crippen LogP contribution in [0.5, 0.6) is 0 Å². The molecule has 0 N–H and O–H groups in total. The summed E-state index contributed by atoms with van der Waals surface area (Å²) in [6.07, 6.45) is 0. The van der Waals surface area contributed by atoms with Gasteiger partial charge >= 0.3 is 0 Å². The molecule has 1 heterocycles. The van der Waals surface area contributed by atoms with Gasteiger partial charge in [-0.2, -0.15) is 0 Å². The fraction of sp³-hybridized carbons (Fsp3) is 0.160. The molecule has 0 bridgehead atoms. The number of fused-ring (bicyclic) bond motifs is 7. The van der Waals surface area contributed by atoms with Crippen LogP contribution in [0.4, 0.5) is 17.1 Å². The maximum absolute atomic E-state index is 7.05. The molecule has 7 aromatic carbocycles. The smallest absolute Gasteiger partial charge is 0.160 e. The van der Waals surface area contributed by atoms with E-state index in [0.717, 1.165) is 39.0 Å². The first-order valence-corrected chi connectivity index (χ1v) is 22.3. The van der Waals surface area contributed by atoms with Crippen molar-refractivity contribution in [3.05, 3.63) is 192 Å². The molecule has 2 nitrogen and oxygen atoms in total. The third-order valence-electron chi connectivity index (χ3n) is 11.3. The maximum atomic E-state index is 7.05. The second-order valence-electron chi connectivity index (χ2n) is 16.6. The van der Waals surface area contributed by atoms with Crippen LogP contribution in [-0.4, -0.2) is 8.07 Å². The summed E-state index contributed by atoms with van der Waals surface area (Å²) in [5.41, 5.74) is 13.4. The highest BCUT2D eigenvalue weighted by molar-refractivity contribution is 6.88. The van der Waals surface area contributed by atoms with Crippen molar-refractivity contribution in [1.82, 2.24) is 0 Å². The highest BCUT2D eigenvalue weighted by Gasteiger charge is 2.48. The van der Waals surface area contributed by atoms with Crippen LogP contribution in [0, 0.1) is 0 Å². The van der Waals surface area contributed by atoms with Gasteiger partial charge < -0.3 is 9.32 Å². The van der Waals surface area contributed by atoms with Gasteiger partial charge in [0.05, 0.1) is 19.2 Å². The van der Waals surface area contributed by atoms with Gasteiger partial charge in [-0.05, 0) is 80.8 Å². The molecular weight excluding hydrogens is 659 g/mol. The van der Waals surface area contributed by atoms with Crippen molar-refractivity contribution in [2.24, 2.45) is 0 Å². The largest absolute Gasteiger partial charge is 0.454 e. The Bertz CT molecular complexity index is 2510. The number of hydrogen-bond donors (Lipinski definition) is 0.